The lowest BCUT2D eigenvalue weighted by molar-refractivity contribution is -0.141. The van der Waals surface area contributed by atoms with Gasteiger partial charge in [0.25, 0.3) is 0 Å². The Morgan fingerprint density at radius 1 is 1.50 bits per heavy atom. The quantitative estimate of drug-likeness (QED) is 0.881. The molecule has 1 heterocycles. The maximum absolute atomic E-state index is 11.4. The number of hydrogen-bond acceptors (Lipinski definition) is 2. The second kappa shape index (κ2) is 6.70. The summed E-state index contributed by atoms with van der Waals surface area (Å²) in [5, 5.41) is 9.36. The highest BCUT2D eigenvalue weighted by molar-refractivity contribution is 9.10. The minimum Gasteiger partial charge on any atom is -0.481 e. The Kier molecular flexibility index (Phi) is 4.95. The highest BCUT2D eigenvalue weighted by atomic mass is 79.9. The van der Waals surface area contributed by atoms with E-state index in [1.807, 2.05) is 42.1 Å². The van der Waals surface area contributed by atoms with Gasteiger partial charge in [0.2, 0.25) is 0 Å². The van der Waals surface area contributed by atoms with Crippen molar-refractivity contribution in [1.29, 1.82) is 0 Å². The third kappa shape index (κ3) is 3.93. The molecular weight excluding hydrogens is 320 g/mol. The Labute approximate surface area is 126 Å². The van der Waals surface area contributed by atoms with Crippen LogP contribution in [0.15, 0.2) is 41.1 Å². The van der Waals surface area contributed by atoms with E-state index in [9.17, 15) is 9.90 Å². The van der Waals surface area contributed by atoms with Crippen molar-refractivity contribution in [2.45, 2.75) is 19.3 Å². The summed E-state index contributed by atoms with van der Waals surface area (Å²) < 4.78 is 2.90. The van der Waals surface area contributed by atoms with Crippen LogP contribution in [-0.4, -0.2) is 20.6 Å². The van der Waals surface area contributed by atoms with E-state index in [0.717, 1.165) is 15.9 Å². The van der Waals surface area contributed by atoms with Crippen LogP contribution in [0.4, 0.5) is 0 Å². The van der Waals surface area contributed by atoms with E-state index in [2.05, 4.69) is 20.9 Å². The number of nitrogens with zero attached hydrogens (tertiary/aromatic N) is 2. The molecule has 0 saturated heterocycles. The number of rotatable bonds is 6. The first-order valence-corrected chi connectivity index (χ1v) is 7.29. The van der Waals surface area contributed by atoms with Crippen molar-refractivity contribution in [3.05, 3.63) is 52.5 Å². The molecule has 0 saturated carbocycles. The number of carbonyl (C=O) groups is 1. The first-order chi connectivity index (χ1) is 9.56. The van der Waals surface area contributed by atoms with Crippen molar-refractivity contribution < 1.29 is 9.90 Å². The van der Waals surface area contributed by atoms with Crippen molar-refractivity contribution in [2.75, 3.05) is 0 Å². The molecule has 1 N–H and O–H groups in total. The van der Waals surface area contributed by atoms with E-state index < -0.39 is 5.97 Å². The Bertz CT molecular complexity index is 595. The summed E-state index contributed by atoms with van der Waals surface area (Å²) in [6.07, 6.45) is 5.42. The fourth-order valence-electron chi connectivity index (χ4n) is 2.20. The van der Waals surface area contributed by atoms with Gasteiger partial charge < -0.3 is 9.67 Å². The average molecular weight is 337 g/mol. The van der Waals surface area contributed by atoms with Crippen LogP contribution < -0.4 is 0 Å². The zero-order valence-corrected chi connectivity index (χ0v) is 12.9. The van der Waals surface area contributed by atoms with Crippen LogP contribution in [-0.2, 0) is 24.7 Å². The van der Waals surface area contributed by atoms with E-state index >= 15 is 0 Å². The number of carboxylic acids is 1. The van der Waals surface area contributed by atoms with Crippen LogP contribution >= 0.6 is 15.9 Å². The van der Waals surface area contributed by atoms with E-state index in [4.69, 9.17) is 0 Å². The van der Waals surface area contributed by atoms with Gasteiger partial charge in [-0.2, -0.15) is 0 Å². The largest absolute Gasteiger partial charge is 0.481 e. The second-order valence-corrected chi connectivity index (χ2v) is 5.78. The molecule has 2 aromatic rings. The summed E-state index contributed by atoms with van der Waals surface area (Å²) in [6, 6.07) is 7.79. The molecule has 0 aliphatic heterocycles. The summed E-state index contributed by atoms with van der Waals surface area (Å²) >= 11 is 3.41. The third-order valence-corrected chi connectivity index (χ3v) is 3.85. The van der Waals surface area contributed by atoms with Gasteiger partial charge in [-0.15, -0.1) is 0 Å². The van der Waals surface area contributed by atoms with Crippen molar-refractivity contribution in [3.63, 3.8) is 0 Å². The first-order valence-electron chi connectivity index (χ1n) is 6.49. The van der Waals surface area contributed by atoms with Gasteiger partial charge >= 0.3 is 5.97 Å². The highest BCUT2D eigenvalue weighted by Gasteiger charge is 2.18. The molecule has 0 aliphatic rings. The predicted octanol–water partition coefficient (Wildman–Crippen LogP) is 3.06. The SMILES string of the molecule is Cn1ccnc1CCC(Cc1cccc(Br)c1)C(=O)O. The normalized spacial score (nSPS) is 12.3. The van der Waals surface area contributed by atoms with Crippen LogP contribution in [0.1, 0.15) is 17.8 Å². The number of halogens is 1. The van der Waals surface area contributed by atoms with Gasteiger partial charge in [-0.25, -0.2) is 4.98 Å². The van der Waals surface area contributed by atoms with Gasteiger partial charge in [0.15, 0.2) is 0 Å². The second-order valence-electron chi connectivity index (χ2n) is 4.86. The molecule has 106 valence electrons. The van der Waals surface area contributed by atoms with Gasteiger partial charge in [-0.3, -0.25) is 4.79 Å². The molecule has 0 fully saturated rings. The standard InChI is InChI=1S/C15H17BrN2O2/c1-18-8-7-17-14(18)6-5-12(15(19)20)9-11-3-2-4-13(16)10-11/h2-4,7-8,10,12H,5-6,9H2,1H3,(H,19,20). The number of hydrogen-bond donors (Lipinski definition) is 1. The summed E-state index contributed by atoms with van der Waals surface area (Å²) in [7, 11) is 1.92. The number of imidazole rings is 1. The molecule has 0 amide bonds. The first kappa shape index (κ1) is 14.8. The number of carboxylic acid groups (broad SMARTS) is 1. The summed E-state index contributed by atoms with van der Waals surface area (Å²) in [5.74, 6) is -0.217. The molecule has 20 heavy (non-hydrogen) atoms. The molecule has 0 aliphatic carbocycles. The fourth-order valence-corrected chi connectivity index (χ4v) is 2.65. The average Bonchev–Trinajstić information content (AvgIpc) is 2.80. The molecule has 1 aromatic heterocycles. The molecule has 1 unspecified atom stereocenters. The molecule has 0 bridgehead atoms. The Morgan fingerprint density at radius 2 is 2.30 bits per heavy atom. The summed E-state index contributed by atoms with van der Waals surface area (Å²) in [5.41, 5.74) is 1.03. The maximum atomic E-state index is 11.4. The van der Waals surface area contributed by atoms with Crippen LogP contribution in [0, 0.1) is 5.92 Å². The van der Waals surface area contributed by atoms with E-state index in [-0.39, 0.29) is 5.92 Å². The van der Waals surface area contributed by atoms with Crippen LogP contribution in [0.25, 0.3) is 0 Å². The smallest absolute Gasteiger partial charge is 0.306 e. The number of aliphatic carboxylic acids is 1. The van der Waals surface area contributed by atoms with Crippen molar-refractivity contribution in [1.82, 2.24) is 9.55 Å². The lowest BCUT2D eigenvalue weighted by Crippen LogP contribution is -2.18. The molecule has 0 spiro atoms. The van der Waals surface area contributed by atoms with Gasteiger partial charge in [-0.1, -0.05) is 28.1 Å². The molecule has 1 aromatic carbocycles. The van der Waals surface area contributed by atoms with Crippen molar-refractivity contribution in [2.24, 2.45) is 13.0 Å². The fraction of sp³-hybridized carbons (Fsp3) is 0.333. The molecule has 4 nitrogen and oxygen atoms in total. The number of aromatic nitrogens is 2. The van der Waals surface area contributed by atoms with Crippen LogP contribution in [0.5, 0.6) is 0 Å². The number of aryl methyl sites for hydroxylation is 2. The van der Waals surface area contributed by atoms with Gasteiger partial charge in [0.1, 0.15) is 5.82 Å². The highest BCUT2D eigenvalue weighted by Crippen LogP contribution is 2.18. The van der Waals surface area contributed by atoms with Crippen LogP contribution in [0.2, 0.25) is 0 Å². The Hall–Kier alpha value is -1.62. The Morgan fingerprint density at radius 3 is 2.90 bits per heavy atom. The minimum atomic E-state index is -0.751. The zero-order valence-electron chi connectivity index (χ0n) is 11.3. The molecular formula is C15H17BrN2O2. The summed E-state index contributed by atoms with van der Waals surface area (Å²) in [6.45, 7) is 0. The lowest BCUT2D eigenvalue weighted by Gasteiger charge is -2.12. The monoisotopic (exact) mass is 336 g/mol. The van der Waals surface area contributed by atoms with Crippen molar-refractivity contribution >= 4 is 21.9 Å². The van der Waals surface area contributed by atoms with Gasteiger partial charge in [0, 0.05) is 30.3 Å². The zero-order chi connectivity index (χ0) is 14.5. The molecule has 2 rings (SSSR count). The molecule has 5 heteroatoms. The van der Waals surface area contributed by atoms with E-state index in [1.165, 1.54) is 0 Å². The minimum absolute atomic E-state index is 0.388. The predicted molar refractivity (Wildman–Crippen MR) is 80.5 cm³/mol. The maximum Gasteiger partial charge on any atom is 0.306 e. The number of benzene rings is 1. The Balaban J connectivity index is 2.01. The van der Waals surface area contributed by atoms with Crippen molar-refractivity contribution in [3.8, 4) is 0 Å². The van der Waals surface area contributed by atoms with E-state index in [0.29, 0.717) is 19.3 Å². The van der Waals surface area contributed by atoms with Gasteiger partial charge in [0.05, 0.1) is 5.92 Å². The topological polar surface area (TPSA) is 55.1 Å². The van der Waals surface area contributed by atoms with E-state index in [1.54, 1.807) is 6.20 Å². The summed E-state index contributed by atoms with van der Waals surface area (Å²) in [4.78, 5) is 15.6. The molecule has 0 radical (unpaired) electrons. The lowest BCUT2D eigenvalue weighted by atomic mass is 9.95. The third-order valence-electron chi connectivity index (χ3n) is 3.36. The van der Waals surface area contributed by atoms with Crippen LogP contribution in [0.3, 0.4) is 0 Å². The molecule has 1 atom stereocenters. The van der Waals surface area contributed by atoms with Gasteiger partial charge in [-0.05, 0) is 30.5 Å².